The van der Waals surface area contributed by atoms with Gasteiger partial charge in [0.1, 0.15) is 0 Å². The molecule has 0 heterocycles. The highest BCUT2D eigenvalue weighted by atomic mass is 35.5. The molecule has 0 atom stereocenters. The lowest BCUT2D eigenvalue weighted by atomic mass is 10.4. The third kappa shape index (κ3) is 5.46. The van der Waals surface area contributed by atoms with Gasteiger partial charge in [0.25, 0.3) is 10.2 Å². The van der Waals surface area contributed by atoms with Crippen LogP contribution in [0.2, 0.25) is 0 Å². The van der Waals surface area contributed by atoms with Crippen LogP contribution in [0.5, 0.6) is 0 Å². The second-order valence-electron chi connectivity index (χ2n) is 3.14. The number of halogens is 1. The lowest BCUT2D eigenvalue weighted by molar-refractivity contribution is 0.452. The van der Waals surface area contributed by atoms with Gasteiger partial charge in [0.15, 0.2) is 0 Å². The third-order valence-electron chi connectivity index (χ3n) is 1.40. The van der Waals surface area contributed by atoms with Gasteiger partial charge in [-0.25, -0.2) is 0 Å². The Morgan fingerprint density at radius 3 is 2.38 bits per heavy atom. The second-order valence-corrected chi connectivity index (χ2v) is 5.33. The standard InChI is InChI=1S/C7H17ClN2O2S/c1-7(2)9-13(11,12)10(3)6-4-5-8/h7,9H,4-6H2,1-3H3. The van der Waals surface area contributed by atoms with Crippen LogP contribution in [0.15, 0.2) is 0 Å². The molecule has 4 nitrogen and oxygen atoms in total. The molecule has 0 bridgehead atoms. The van der Waals surface area contributed by atoms with Crippen LogP contribution in [0.3, 0.4) is 0 Å². The van der Waals surface area contributed by atoms with E-state index >= 15 is 0 Å². The van der Waals surface area contributed by atoms with Crippen LogP contribution in [-0.4, -0.2) is 38.2 Å². The zero-order valence-corrected chi connectivity index (χ0v) is 9.82. The van der Waals surface area contributed by atoms with Crippen LogP contribution in [0.25, 0.3) is 0 Å². The van der Waals surface area contributed by atoms with Crippen molar-refractivity contribution in [2.45, 2.75) is 26.3 Å². The molecule has 0 rings (SSSR count). The average Bonchev–Trinajstić information content (AvgIpc) is 1.97. The summed E-state index contributed by atoms with van der Waals surface area (Å²) in [5.41, 5.74) is 0. The molecule has 0 aliphatic heterocycles. The van der Waals surface area contributed by atoms with E-state index in [4.69, 9.17) is 11.6 Å². The molecule has 0 spiro atoms. The molecule has 0 aliphatic rings. The predicted octanol–water partition coefficient (Wildman–Crippen LogP) is 0.790. The fourth-order valence-corrected chi connectivity index (χ4v) is 2.06. The molecule has 0 unspecified atom stereocenters. The summed E-state index contributed by atoms with van der Waals surface area (Å²) in [7, 11) is -1.77. The van der Waals surface area contributed by atoms with Crippen LogP contribution in [0.4, 0.5) is 0 Å². The molecule has 0 saturated carbocycles. The molecule has 80 valence electrons. The van der Waals surface area contributed by atoms with Gasteiger partial charge in [0.2, 0.25) is 0 Å². The topological polar surface area (TPSA) is 49.4 Å². The second kappa shape index (κ2) is 5.80. The lowest BCUT2D eigenvalue weighted by Gasteiger charge is -2.18. The Morgan fingerprint density at radius 1 is 1.46 bits per heavy atom. The highest BCUT2D eigenvalue weighted by Gasteiger charge is 2.17. The third-order valence-corrected chi connectivity index (χ3v) is 3.44. The number of hydrogen-bond acceptors (Lipinski definition) is 2. The lowest BCUT2D eigenvalue weighted by Crippen LogP contribution is -2.41. The van der Waals surface area contributed by atoms with Crippen LogP contribution in [0.1, 0.15) is 20.3 Å². The molecule has 0 saturated heterocycles. The SMILES string of the molecule is CC(C)NS(=O)(=O)N(C)CCCCl. The van der Waals surface area contributed by atoms with Crippen molar-refractivity contribution in [3.8, 4) is 0 Å². The molecular formula is C7H17ClN2O2S. The van der Waals surface area contributed by atoms with Gasteiger partial charge < -0.3 is 0 Å². The molecular weight excluding hydrogens is 212 g/mol. The minimum absolute atomic E-state index is 0.0801. The molecule has 0 fully saturated rings. The molecule has 0 amide bonds. The van der Waals surface area contributed by atoms with E-state index in [1.807, 2.05) is 0 Å². The van der Waals surface area contributed by atoms with Gasteiger partial charge in [-0.2, -0.15) is 17.4 Å². The van der Waals surface area contributed by atoms with Gasteiger partial charge in [-0.3, -0.25) is 0 Å². The zero-order valence-electron chi connectivity index (χ0n) is 8.25. The Morgan fingerprint density at radius 2 is 2.00 bits per heavy atom. The molecule has 0 aromatic carbocycles. The van der Waals surface area contributed by atoms with E-state index in [9.17, 15) is 8.42 Å². The van der Waals surface area contributed by atoms with Gasteiger partial charge in [-0.15, -0.1) is 11.6 Å². The van der Waals surface area contributed by atoms with E-state index < -0.39 is 10.2 Å². The normalized spacial score (nSPS) is 12.8. The van der Waals surface area contributed by atoms with Crippen molar-refractivity contribution >= 4 is 21.8 Å². The maximum Gasteiger partial charge on any atom is 0.279 e. The predicted molar refractivity (Wildman–Crippen MR) is 55.2 cm³/mol. The first kappa shape index (κ1) is 13.2. The fourth-order valence-electron chi connectivity index (χ4n) is 0.790. The summed E-state index contributed by atoms with van der Waals surface area (Å²) in [6, 6.07) is -0.0801. The minimum atomic E-state index is -3.31. The van der Waals surface area contributed by atoms with Gasteiger partial charge in [0, 0.05) is 25.5 Å². The van der Waals surface area contributed by atoms with Gasteiger partial charge in [-0.1, -0.05) is 0 Å². The van der Waals surface area contributed by atoms with Gasteiger partial charge in [0.05, 0.1) is 0 Å². The van der Waals surface area contributed by atoms with E-state index in [2.05, 4.69) is 4.72 Å². The minimum Gasteiger partial charge on any atom is -0.200 e. The Kier molecular flexibility index (Phi) is 5.87. The van der Waals surface area contributed by atoms with Crippen LogP contribution >= 0.6 is 11.6 Å². The van der Waals surface area contributed by atoms with E-state index in [0.717, 1.165) is 0 Å². The Labute approximate surface area is 85.4 Å². The Balaban J connectivity index is 4.12. The summed E-state index contributed by atoms with van der Waals surface area (Å²) < 4.78 is 26.6. The van der Waals surface area contributed by atoms with Gasteiger partial charge >= 0.3 is 0 Å². The highest BCUT2D eigenvalue weighted by Crippen LogP contribution is 1.98. The maximum absolute atomic E-state index is 11.4. The fraction of sp³-hybridized carbons (Fsp3) is 1.00. The Hall–Kier alpha value is 0.160. The van der Waals surface area contributed by atoms with E-state index in [0.29, 0.717) is 18.8 Å². The smallest absolute Gasteiger partial charge is 0.200 e. The average molecular weight is 229 g/mol. The molecule has 0 radical (unpaired) electrons. The highest BCUT2D eigenvalue weighted by molar-refractivity contribution is 7.87. The quantitative estimate of drug-likeness (QED) is 0.684. The van der Waals surface area contributed by atoms with Crippen molar-refractivity contribution in [2.75, 3.05) is 19.5 Å². The molecule has 13 heavy (non-hydrogen) atoms. The largest absolute Gasteiger partial charge is 0.279 e. The summed E-state index contributed by atoms with van der Waals surface area (Å²) in [4.78, 5) is 0. The Bertz CT molecular complexity index is 229. The summed E-state index contributed by atoms with van der Waals surface area (Å²) in [5, 5.41) is 0. The van der Waals surface area contributed by atoms with E-state index in [1.165, 1.54) is 11.4 Å². The summed E-state index contributed by atoms with van der Waals surface area (Å²) >= 11 is 5.46. The van der Waals surface area contributed by atoms with Crippen LogP contribution < -0.4 is 4.72 Å². The number of rotatable bonds is 6. The number of nitrogens with one attached hydrogen (secondary N) is 1. The summed E-state index contributed by atoms with van der Waals surface area (Å²) in [6.45, 7) is 4.02. The van der Waals surface area contributed by atoms with E-state index in [1.54, 1.807) is 13.8 Å². The zero-order chi connectivity index (χ0) is 10.5. The van der Waals surface area contributed by atoms with Gasteiger partial charge in [-0.05, 0) is 20.3 Å². The van der Waals surface area contributed by atoms with Crippen molar-refractivity contribution in [3.05, 3.63) is 0 Å². The van der Waals surface area contributed by atoms with Crippen molar-refractivity contribution in [2.24, 2.45) is 0 Å². The molecule has 0 aromatic rings. The van der Waals surface area contributed by atoms with Crippen LogP contribution in [0, 0.1) is 0 Å². The summed E-state index contributed by atoms with van der Waals surface area (Å²) in [5.74, 6) is 0.474. The van der Waals surface area contributed by atoms with E-state index in [-0.39, 0.29) is 6.04 Å². The monoisotopic (exact) mass is 228 g/mol. The number of nitrogens with zero attached hydrogens (tertiary/aromatic N) is 1. The van der Waals surface area contributed by atoms with Crippen molar-refractivity contribution in [1.29, 1.82) is 0 Å². The number of hydrogen-bond donors (Lipinski definition) is 1. The molecule has 1 N–H and O–H groups in total. The first-order valence-corrected chi connectivity index (χ1v) is 6.17. The van der Waals surface area contributed by atoms with Crippen molar-refractivity contribution in [3.63, 3.8) is 0 Å². The molecule has 0 aromatic heterocycles. The first-order valence-electron chi connectivity index (χ1n) is 4.19. The number of alkyl halides is 1. The van der Waals surface area contributed by atoms with Crippen LogP contribution in [-0.2, 0) is 10.2 Å². The molecule has 6 heteroatoms. The first-order chi connectivity index (χ1) is 5.90. The summed E-state index contributed by atoms with van der Waals surface area (Å²) in [6.07, 6.45) is 0.664. The van der Waals surface area contributed by atoms with Crippen molar-refractivity contribution in [1.82, 2.24) is 9.03 Å². The molecule has 0 aliphatic carbocycles. The van der Waals surface area contributed by atoms with Crippen molar-refractivity contribution < 1.29 is 8.42 Å². The maximum atomic E-state index is 11.4.